The van der Waals surface area contributed by atoms with Gasteiger partial charge in [0.2, 0.25) is 0 Å². The smallest absolute Gasteiger partial charge is 0.255 e. The molecule has 0 aliphatic carbocycles. The van der Waals surface area contributed by atoms with Crippen molar-refractivity contribution >= 4 is 18.3 Å². The minimum atomic E-state index is -0.357. The summed E-state index contributed by atoms with van der Waals surface area (Å²) in [7, 11) is 1.90. The molecular weight excluding hydrogens is 404 g/mol. The average Bonchev–Trinajstić information content (AvgIpc) is 2.74. The van der Waals surface area contributed by atoms with E-state index in [2.05, 4.69) is 27.3 Å². The van der Waals surface area contributed by atoms with Gasteiger partial charge < -0.3 is 26.3 Å². The summed E-state index contributed by atoms with van der Waals surface area (Å²) < 4.78 is 0. The number of rotatable bonds is 8. The van der Waals surface area contributed by atoms with Gasteiger partial charge in [0.25, 0.3) is 5.91 Å². The fraction of sp³-hybridized carbons (Fsp3) is 0.360. The molecule has 0 radical (unpaired) electrons. The number of anilines is 1. The van der Waals surface area contributed by atoms with Crippen LogP contribution < -0.4 is 16.4 Å². The first-order chi connectivity index (χ1) is 15.1. The quantitative estimate of drug-likeness (QED) is 0.276. The van der Waals surface area contributed by atoms with Crippen LogP contribution in [0.2, 0.25) is 0 Å². The van der Waals surface area contributed by atoms with Gasteiger partial charge in [-0.2, -0.15) is 0 Å². The van der Waals surface area contributed by atoms with E-state index in [9.17, 15) is 9.90 Å². The van der Waals surface area contributed by atoms with Gasteiger partial charge in [-0.25, -0.2) is 0 Å². The lowest BCUT2D eigenvalue weighted by molar-refractivity contribution is 0.102. The Morgan fingerprint density at radius 2 is 1.78 bits per heavy atom. The van der Waals surface area contributed by atoms with Crippen molar-refractivity contribution < 1.29 is 14.7 Å². The van der Waals surface area contributed by atoms with Gasteiger partial charge in [0.15, 0.2) is 0 Å². The number of aliphatic hydroxyl groups is 1. The van der Waals surface area contributed by atoms with E-state index in [-0.39, 0.29) is 29.7 Å². The first-order valence-electron chi connectivity index (χ1n) is 10.4. The van der Waals surface area contributed by atoms with Gasteiger partial charge in [-0.3, -0.25) is 4.79 Å². The molecule has 0 fully saturated rings. The number of hydrogen-bond donors (Lipinski definition) is 4. The molecule has 5 N–H and O–H groups in total. The fourth-order valence-corrected chi connectivity index (χ4v) is 2.46. The largest absolute Gasteiger partial charge is 0.512 e. The van der Waals surface area contributed by atoms with E-state index < -0.39 is 0 Å². The molecule has 7 nitrogen and oxygen atoms in total. The summed E-state index contributed by atoms with van der Waals surface area (Å²) in [5.74, 6) is 0.174. The standard InChI is InChI=1S/C16H18N2O.C9H18N2O2/c1-12-3-9-15(10-4-12)18-16(19)14-7-5-13(6-8-14)11-17-2;1-9(2,3)8(12)5-7(10)6-13-11-4/h3-10,17H,11H2,1-2H3,(H,18,19);5,7,12H,4,6,10H2,1-3H3/b;8-5-. The van der Waals surface area contributed by atoms with Crippen molar-refractivity contribution in [1.29, 1.82) is 0 Å². The molecule has 1 unspecified atom stereocenters. The normalized spacial score (nSPS) is 12.2. The lowest BCUT2D eigenvalue weighted by Gasteiger charge is -2.18. The van der Waals surface area contributed by atoms with Crippen LogP contribution in [0, 0.1) is 12.3 Å². The Bertz CT molecular complexity index is 870. The van der Waals surface area contributed by atoms with E-state index in [1.54, 1.807) is 6.08 Å². The molecule has 7 heteroatoms. The maximum absolute atomic E-state index is 12.0. The molecule has 0 saturated carbocycles. The second kappa shape index (κ2) is 13.3. The van der Waals surface area contributed by atoms with Crippen molar-refractivity contribution in [1.82, 2.24) is 5.32 Å². The average molecular weight is 441 g/mol. The zero-order valence-corrected chi connectivity index (χ0v) is 19.7. The first kappa shape index (κ1) is 26.9. The van der Waals surface area contributed by atoms with Gasteiger partial charge in [-0.05, 0) is 49.9 Å². The van der Waals surface area contributed by atoms with Gasteiger partial charge in [-0.1, -0.05) is 50.6 Å². The molecule has 2 aromatic rings. The molecule has 174 valence electrons. The van der Waals surface area contributed by atoms with E-state index >= 15 is 0 Å². The zero-order valence-electron chi connectivity index (χ0n) is 19.7. The molecule has 2 aromatic carbocycles. The van der Waals surface area contributed by atoms with Gasteiger partial charge in [0.1, 0.15) is 6.61 Å². The molecule has 32 heavy (non-hydrogen) atoms. The number of nitrogens with two attached hydrogens (primary N) is 1. The Morgan fingerprint density at radius 3 is 2.28 bits per heavy atom. The van der Waals surface area contributed by atoms with Crippen molar-refractivity contribution in [3.8, 4) is 0 Å². The zero-order chi connectivity index (χ0) is 24.1. The number of oxime groups is 1. The molecule has 0 bridgehead atoms. The summed E-state index contributed by atoms with van der Waals surface area (Å²) in [6, 6.07) is 15.0. The van der Waals surface area contributed by atoms with Crippen LogP contribution in [0.3, 0.4) is 0 Å². The molecule has 0 saturated heterocycles. The molecule has 0 aliphatic heterocycles. The minimum Gasteiger partial charge on any atom is -0.512 e. The molecule has 0 aromatic heterocycles. The SMILES string of the molecule is C=NOCC(N)/C=C(\O)C(C)(C)C.CNCc1ccc(C(=O)Nc2ccc(C)cc2)cc1. The van der Waals surface area contributed by atoms with Crippen LogP contribution in [0.1, 0.15) is 42.3 Å². The molecule has 1 atom stereocenters. The Kier molecular flexibility index (Phi) is 11.2. The number of hydrogen-bond acceptors (Lipinski definition) is 6. The molecule has 0 aliphatic rings. The molecular formula is C25H36N4O3. The summed E-state index contributed by atoms with van der Waals surface area (Å²) >= 11 is 0. The predicted molar refractivity (Wildman–Crippen MR) is 132 cm³/mol. The maximum Gasteiger partial charge on any atom is 0.255 e. The summed E-state index contributed by atoms with van der Waals surface area (Å²) in [5.41, 5.74) is 9.15. The highest BCUT2D eigenvalue weighted by molar-refractivity contribution is 6.04. The summed E-state index contributed by atoms with van der Waals surface area (Å²) in [5, 5.41) is 18.7. The summed E-state index contributed by atoms with van der Waals surface area (Å²) in [4.78, 5) is 16.7. The summed E-state index contributed by atoms with van der Waals surface area (Å²) in [6.45, 7) is 11.9. The van der Waals surface area contributed by atoms with E-state index in [0.717, 1.165) is 17.8 Å². The molecule has 2 rings (SSSR count). The van der Waals surface area contributed by atoms with E-state index in [0.29, 0.717) is 5.56 Å². The Morgan fingerprint density at radius 1 is 1.19 bits per heavy atom. The monoisotopic (exact) mass is 440 g/mol. The Hall–Kier alpha value is -3.16. The van der Waals surface area contributed by atoms with Crippen LogP contribution in [0.5, 0.6) is 0 Å². The number of carbonyl (C=O) groups is 1. The number of aliphatic hydroxyl groups excluding tert-OH is 1. The third kappa shape index (κ3) is 10.2. The number of allylic oxidation sites excluding steroid dienone is 1. The van der Waals surface area contributed by atoms with E-state index in [4.69, 9.17) is 5.73 Å². The lowest BCUT2D eigenvalue weighted by Crippen LogP contribution is -2.25. The minimum absolute atomic E-state index is 0.0835. The highest BCUT2D eigenvalue weighted by Gasteiger charge is 2.16. The number of nitrogens with zero attached hydrogens (tertiary/aromatic N) is 1. The maximum atomic E-state index is 12.0. The van der Waals surface area contributed by atoms with Crippen LogP contribution >= 0.6 is 0 Å². The topological polar surface area (TPSA) is 109 Å². The highest BCUT2D eigenvalue weighted by atomic mass is 16.6. The number of aryl methyl sites for hydroxylation is 1. The van der Waals surface area contributed by atoms with Crippen molar-refractivity contribution in [2.45, 2.75) is 40.3 Å². The summed E-state index contributed by atoms with van der Waals surface area (Å²) in [6.07, 6.45) is 1.56. The van der Waals surface area contributed by atoms with Crippen molar-refractivity contribution in [2.24, 2.45) is 16.3 Å². The first-order valence-corrected chi connectivity index (χ1v) is 10.4. The highest BCUT2D eigenvalue weighted by Crippen LogP contribution is 2.22. The van der Waals surface area contributed by atoms with Crippen molar-refractivity contribution in [3.63, 3.8) is 0 Å². The number of nitrogens with one attached hydrogen (secondary N) is 2. The molecule has 0 spiro atoms. The Balaban J connectivity index is 0.000000347. The number of carbonyl (C=O) groups excluding carboxylic acids is 1. The van der Waals surface area contributed by atoms with Gasteiger partial charge >= 0.3 is 0 Å². The third-order valence-corrected chi connectivity index (χ3v) is 4.41. The van der Waals surface area contributed by atoms with Crippen LogP contribution in [-0.4, -0.2) is 37.4 Å². The van der Waals surface area contributed by atoms with Crippen molar-refractivity contribution in [3.05, 3.63) is 77.1 Å². The second-order valence-electron chi connectivity index (χ2n) is 8.44. The van der Waals surface area contributed by atoms with Gasteiger partial charge in [0.05, 0.1) is 11.8 Å². The third-order valence-electron chi connectivity index (χ3n) is 4.41. The second-order valence-corrected chi connectivity index (χ2v) is 8.44. The molecule has 0 heterocycles. The fourth-order valence-electron chi connectivity index (χ4n) is 2.46. The van der Waals surface area contributed by atoms with Crippen LogP contribution in [0.15, 0.2) is 65.5 Å². The van der Waals surface area contributed by atoms with E-state index in [1.165, 1.54) is 5.56 Å². The van der Waals surface area contributed by atoms with Crippen molar-refractivity contribution in [2.75, 3.05) is 19.0 Å². The van der Waals surface area contributed by atoms with Gasteiger partial charge in [-0.15, -0.1) is 5.16 Å². The predicted octanol–water partition coefficient (Wildman–Crippen LogP) is 4.40. The molecule has 1 amide bonds. The van der Waals surface area contributed by atoms with Crippen LogP contribution in [0.25, 0.3) is 0 Å². The Labute approximate surface area is 191 Å². The number of benzene rings is 2. The van der Waals surface area contributed by atoms with Crippen LogP contribution in [-0.2, 0) is 11.4 Å². The lowest BCUT2D eigenvalue weighted by atomic mass is 9.93. The van der Waals surface area contributed by atoms with E-state index in [1.807, 2.05) is 83.3 Å². The van der Waals surface area contributed by atoms with Crippen LogP contribution in [0.4, 0.5) is 5.69 Å². The van der Waals surface area contributed by atoms with Gasteiger partial charge in [0, 0.05) is 29.9 Å². The number of amides is 1.